The number of urea groups is 1. The summed E-state index contributed by atoms with van der Waals surface area (Å²) in [5.74, 6) is -1.16. The molecule has 0 aromatic carbocycles. The van der Waals surface area contributed by atoms with Crippen molar-refractivity contribution >= 4 is 12.0 Å². The average Bonchev–Trinajstić information content (AvgIpc) is 2.29. The summed E-state index contributed by atoms with van der Waals surface area (Å²) in [6, 6.07) is -1.70. The molecule has 0 aromatic rings. The number of carbonyl (C=O) groups is 2. The van der Waals surface area contributed by atoms with Gasteiger partial charge in [-0.15, -0.1) is 0 Å². The highest BCUT2D eigenvalue weighted by Gasteiger charge is 2.24. The summed E-state index contributed by atoms with van der Waals surface area (Å²) in [5.41, 5.74) is 0. The molecular formula is C11H22N2O5. The first-order valence-corrected chi connectivity index (χ1v) is 5.87. The normalized spacial score (nSPS) is 13.8. The molecule has 0 aliphatic carbocycles. The first-order chi connectivity index (χ1) is 8.47. The smallest absolute Gasteiger partial charge is 0.326 e. The lowest BCUT2D eigenvalue weighted by molar-refractivity contribution is -0.139. The number of carbonyl (C=O) groups excluding carboxylic acids is 1. The van der Waals surface area contributed by atoms with E-state index in [1.54, 1.807) is 6.92 Å². The molecule has 0 aliphatic rings. The zero-order chi connectivity index (χ0) is 14.1. The van der Waals surface area contributed by atoms with Crippen LogP contribution >= 0.6 is 0 Å². The van der Waals surface area contributed by atoms with Crippen molar-refractivity contribution in [2.45, 2.75) is 32.4 Å². The largest absolute Gasteiger partial charge is 0.480 e. The number of hydrogen-bond donors (Lipinski definition) is 3. The van der Waals surface area contributed by atoms with Crippen molar-refractivity contribution in [3.05, 3.63) is 0 Å². The number of amides is 2. The molecule has 7 heteroatoms. The fraction of sp³-hybridized carbons (Fsp3) is 0.818. The Hall–Kier alpha value is -1.34. The van der Waals surface area contributed by atoms with Crippen LogP contribution in [0.2, 0.25) is 0 Å². The second-order valence-corrected chi connectivity index (χ2v) is 3.94. The van der Waals surface area contributed by atoms with Gasteiger partial charge in [-0.3, -0.25) is 0 Å². The van der Waals surface area contributed by atoms with Gasteiger partial charge in [0.2, 0.25) is 0 Å². The van der Waals surface area contributed by atoms with E-state index in [9.17, 15) is 9.59 Å². The second kappa shape index (κ2) is 8.71. The fourth-order valence-corrected chi connectivity index (χ4v) is 1.61. The van der Waals surface area contributed by atoms with Gasteiger partial charge in [-0.1, -0.05) is 0 Å². The van der Waals surface area contributed by atoms with Crippen LogP contribution in [-0.2, 0) is 9.53 Å². The highest BCUT2D eigenvalue weighted by atomic mass is 16.5. The van der Waals surface area contributed by atoms with E-state index in [0.717, 1.165) is 0 Å². The van der Waals surface area contributed by atoms with E-state index in [1.165, 1.54) is 12.0 Å². The highest BCUT2D eigenvalue weighted by Crippen LogP contribution is 2.02. The molecule has 0 aliphatic heterocycles. The standard InChI is InChI=1S/C11H22N2O5/c1-4-13(8(2)7-18-3)11(17)12-9(5-6-14)10(15)16/h8-9,14H,4-7H2,1-3H3,(H,12,17)(H,15,16). The second-order valence-electron chi connectivity index (χ2n) is 3.94. The van der Waals surface area contributed by atoms with Crippen LogP contribution in [0.3, 0.4) is 0 Å². The summed E-state index contributed by atoms with van der Waals surface area (Å²) in [7, 11) is 1.54. The third-order valence-corrected chi connectivity index (χ3v) is 2.56. The summed E-state index contributed by atoms with van der Waals surface area (Å²) in [6.45, 7) is 4.14. The molecule has 2 amide bonds. The van der Waals surface area contributed by atoms with Crippen molar-refractivity contribution in [3.63, 3.8) is 0 Å². The molecule has 3 N–H and O–H groups in total. The predicted molar refractivity (Wildman–Crippen MR) is 65.4 cm³/mol. The maximum absolute atomic E-state index is 11.9. The Morgan fingerprint density at radius 1 is 1.44 bits per heavy atom. The van der Waals surface area contributed by atoms with Crippen molar-refractivity contribution in [2.24, 2.45) is 0 Å². The van der Waals surface area contributed by atoms with Crippen LogP contribution < -0.4 is 5.32 Å². The number of ether oxygens (including phenoxy) is 1. The van der Waals surface area contributed by atoms with Crippen molar-refractivity contribution in [1.29, 1.82) is 0 Å². The number of methoxy groups -OCH3 is 1. The summed E-state index contributed by atoms with van der Waals surface area (Å²) in [6.07, 6.45) is -0.0166. The van der Waals surface area contributed by atoms with Crippen molar-refractivity contribution < 1.29 is 24.5 Å². The quantitative estimate of drug-likeness (QED) is 0.567. The van der Waals surface area contributed by atoms with Crippen LogP contribution in [0.5, 0.6) is 0 Å². The van der Waals surface area contributed by atoms with Gasteiger partial charge in [-0.25, -0.2) is 9.59 Å². The minimum atomic E-state index is -1.16. The minimum Gasteiger partial charge on any atom is -0.480 e. The summed E-state index contributed by atoms with van der Waals surface area (Å²) in [4.78, 5) is 24.2. The monoisotopic (exact) mass is 262 g/mol. The highest BCUT2D eigenvalue weighted by molar-refractivity contribution is 5.82. The van der Waals surface area contributed by atoms with Crippen LogP contribution in [-0.4, -0.2) is 66.1 Å². The molecule has 0 heterocycles. The van der Waals surface area contributed by atoms with E-state index in [-0.39, 0.29) is 19.1 Å². The lowest BCUT2D eigenvalue weighted by Gasteiger charge is -2.29. The molecule has 2 unspecified atom stereocenters. The Balaban J connectivity index is 4.53. The zero-order valence-electron chi connectivity index (χ0n) is 11.0. The molecule has 0 aromatic heterocycles. The van der Waals surface area contributed by atoms with E-state index < -0.39 is 18.0 Å². The van der Waals surface area contributed by atoms with Crippen molar-refractivity contribution in [1.82, 2.24) is 10.2 Å². The molecule has 106 valence electrons. The molecule has 0 saturated heterocycles. The lowest BCUT2D eigenvalue weighted by Crippen LogP contribution is -2.51. The van der Waals surface area contributed by atoms with Gasteiger partial charge in [-0.2, -0.15) is 0 Å². The molecule has 0 fully saturated rings. The summed E-state index contributed by atoms with van der Waals surface area (Å²) < 4.78 is 4.96. The number of rotatable bonds is 8. The fourth-order valence-electron chi connectivity index (χ4n) is 1.61. The van der Waals surface area contributed by atoms with E-state index in [1.807, 2.05) is 6.92 Å². The first-order valence-electron chi connectivity index (χ1n) is 5.87. The number of carboxylic acids is 1. The summed E-state index contributed by atoms with van der Waals surface area (Å²) in [5, 5.41) is 20.0. The number of aliphatic hydroxyl groups is 1. The van der Waals surface area contributed by atoms with Gasteiger partial charge in [0.15, 0.2) is 0 Å². The number of hydrogen-bond acceptors (Lipinski definition) is 4. The molecule has 0 spiro atoms. The van der Waals surface area contributed by atoms with Crippen LogP contribution in [0.25, 0.3) is 0 Å². The maximum atomic E-state index is 11.9. The molecule has 0 radical (unpaired) electrons. The molecular weight excluding hydrogens is 240 g/mol. The van der Waals surface area contributed by atoms with Gasteiger partial charge in [0, 0.05) is 26.7 Å². The number of likely N-dealkylation sites (N-methyl/N-ethyl adjacent to an activating group) is 1. The number of aliphatic hydroxyl groups excluding tert-OH is 1. The van der Waals surface area contributed by atoms with Crippen LogP contribution in [0.1, 0.15) is 20.3 Å². The van der Waals surface area contributed by atoms with Crippen LogP contribution in [0.15, 0.2) is 0 Å². The van der Waals surface area contributed by atoms with Gasteiger partial charge >= 0.3 is 12.0 Å². The van der Waals surface area contributed by atoms with Gasteiger partial charge in [0.25, 0.3) is 0 Å². The first kappa shape index (κ1) is 16.7. The SMILES string of the molecule is CCN(C(=O)NC(CCO)C(=O)O)C(C)COC. The molecule has 0 rings (SSSR count). The average molecular weight is 262 g/mol. The number of carboxylic acid groups (broad SMARTS) is 1. The molecule has 0 bridgehead atoms. The third kappa shape index (κ3) is 5.33. The van der Waals surface area contributed by atoms with Crippen LogP contribution in [0.4, 0.5) is 4.79 Å². The summed E-state index contributed by atoms with van der Waals surface area (Å²) >= 11 is 0. The lowest BCUT2D eigenvalue weighted by atomic mass is 10.2. The van der Waals surface area contributed by atoms with E-state index >= 15 is 0 Å². The Morgan fingerprint density at radius 2 is 2.06 bits per heavy atom. The van der Waals surface area contributed by atoms with Crippen LogP contribution in [0, 0.1) is 0 Å². The topological polar surface area (TPSA) is 99.1 Å². The predicted octanol–water partition coefficient (Wildman–Crippen LogP) is -0.112. The number of aliphatic carboxylic acids is 1. The number of nitrogens with one attached hydrogen (secondary N) is 1. The molecule has 2 atom stereocenters. The van der Waals surface area contributed by atoms with Crippen molar-refractivity contribution in [3.8, 4) is 0 Å². The zero-order valence-corrected chi connectivity index (χ0v) is 11.0. The van der Waals surface area contributed by atoms with Gasteiger partial charge in [-0.05, 0) is 13.8 Å². The Morgan fingerprint density at radius 3 is 2.44 bits per heavy atom. The molecule has 0 saturated carbocycles. The van der Waals surface area contributed by atoms with E-state index in [0.29, 0.717) is 13.2 Å². The Labute approximate surface area is 107 Å². The molecule has 7 nitrogen and oxygen atoms in total. The van der Waals surface area contributed by atoms with Gasteiger partial charge < -0.3 is 25.2 Å². The third-order valence-electron chi connectivity index (χ3n) is 2.56. The minimum absolute atomic E-state index is 0.0166. The maximum Gasteiger partial charge on any atom is 0.326 e. The van der Waals surface area contributed by atoms with Crippen molar-refractivity contribution in [2.75, 3.05) is 26.9 Å². The van der Waals surface area contributed by atoms with Gasteiger partial charge in [0.05, 0.1) is 12.6 Å². The Bertz CT molecular complexity index is 272. The van der Waals surface area contributed by atoms with E-state index in [2.05, 4.69) is 5.32 Å². The Kier molecular flexibility index (Phi) is 8.06. The van der Waals surface area contributed by atoms with E-state index in [4.69, 9.17) is 14.9 Å². The number of nitrogens with zero attached hydrogens (tertiary/aromatic N) is 1. The molecule has 18 heavy (non-hydrogen) atoms. The van der Waals surface area contributed by atoms with Gasteiger partial charge in [0.1, 0.15) is 6.04 Å².